The van der Waals surface area contributed by atoms with Gasteiger partial charge in [-0.2, -0.15) is 0 Å². The molecule has 2 aromatic rings. The Balaban J connectivity index is 2.14. The van der Waals surface area contributed by atoms with E-state index in [9.17, 15) is 14.4 Å². The first-order chi connectivity index (χ1) is 15.2. The number of ether oxygens (including phenoxy) is 2. The predicted octanol–water partition coefficient (Wildman–Crippen LogP) is 0.804. The Morgan fingerprint density at radius 3 is 2.25 bits per heavy atom. The molecule has 0 saturated carbocycles. The largest absolute Gasteiger partial charge is 0.484 e. The van der Waals surface area contributed by atoms with E-state index in [1.807, 2.05) is 0 Å². The first-order valence-corrected chi connectivity index (χ1v) is 9.84. The van der Waals surface area contributed by atoms with Crippen LogP contribution < -0.4 is 31.2 Å². The molecule has 0 aliphatic heterocycles. The molecular formula is C21H24ClN5O5. The number of carbonyl (C=O) groups is 3. The minimum atomic E-state index is -0.440. The summed E-state index contributed by atoms with van der Waals surface area (Å²) in [6.07, 6.45) is 0. The molecule has 0 aliphatic carbocycles. The van der Waals surface area contributed by atoms with Crippen LogP contribution in [-0.4, -0.2) is 50.9 Å². The summed E-state index contributed by atoms with van der Waals surface area (Å²) in [6.45, 7) is -0.382. The molecule has 11 heteroatoms. The lowest BCUT2D eigenvalue weighted by molar-refractivity contribution is -0.123. The van der Waals surface area contributed by atoms with E-state index in [1.54, 1.807) is 12.1 Å². The summed E-state index contributed by atoms with van der Waals surface area (Å²) in [7, 11) is 2.97. The van der Waals surface area contributed by atoms with Gasteiger partial charge in [-0.05, 0) is 24.3 Å². The van der Waals surface area contributed by atoms with Crippen molar-refractivity contribution in [3.05, 3.63) is 58.1 Å². The van der Waals surface area contributed by atoms with Crippen LogP contribution >= 0.6 is 11.6 Å². The first kappa shape index (κ1) is 24.5. The second-order valence-corrected chi connectivity index (χ2v) is 6.95. The van der Waals surface area contributed by atoms with Crippen molar-refractivity contribution < 1.29 is 23.9 Å². The number of halogens is 1. The highest BCUT2D eigenvalue weighted by molar-refractivity contribution is 6.31. The molecule has 3 amide bonds. The molecule has 0 bridgehead atoms. The summed E-state index contributed by atoms with van der Waals surface area (Å²) in [6, 6.07) is 9.20. The highest BCUT2D eigenvalue weighted by atomic mass is 35.5. The van der Waals surface area contributed by atoms with Crippen LogP contribution in [0, 0.1) is 5.41 Å². The smallest absolute Gasteiger partial charge is 0.257 e. The molecule has 0 fully saturated rings. The molecule has 2 rings (SSSR count). The lowest BCUT2D eigenvalue weighted by Gasteiger charge is -2.14. The van der Waals surface area contributed by atoms with E-state index in [1.165, 1.54) is 38.4 Å². The number of amidine groups is 1. The molecule has 0 heterocycles. The fourth-order valence-electron chi connectivity index (χ4n) is 2.49. The van der Waals surface area contributed by atoms with Crippen molar-refractivity contribution in [3.8, 4) is 11.5 Å². The van der Waals surface area contributed by atoms with Crippen LogP contribution in [0.2, 0.25) is 5.02 Å². The van der Waals surface area contributed by atoms with Crippen molar-refractivity contribution in [2.24, 2.45) is 5.73 Å². The van der Waals surface area contributed by atoms with Crippen molar-refractivity contribution in [1.29, 1.82) is 5.41 Å². The van der Waals surface area contributed by atoms with Gasteiger partial charge in [-0.3, -0.25) is 19.8 Å². The fourth-order valence-corrected chi connectivity index (χ4v) is 2.72. The van der Waals surface area contributed by atoms with Crippen molar-refractivity contribution in [2.45, 2.75) is 6.54 Å². The van der Waals surface area contributed by atoms with Crippen molar-refractivity contribution in [3.63, 3.8) is 0 Å². The van der Waals surface area contributed by atoms with Gasteiger partial charge in [0.25, 0.3) is 17.7 Å². The van der Waals surface area contributed by atoms with E-state index in [0.29, 0.717) is 16.9 Å². The molecule has 0 atom stereocenters. The average Bonchev–Trinajstić information content (AvgIpc) is 2.78. The molecule has 6 N–H and O–H groups in total. The molecule has 170 valence electrons. The molecule has 0 spiro atoms. The molecule has 0 unspecified atom stereocenters. The highest BCUT2D eigenvalue weighted by Crippen LogP contribution is 2.23. The van der Waals surface area contributed by atoms with Crippen LogP contribution in [-0.2, 0) is 16.1 Å². The normalized spacial score (nSPS) is 10.1. The lowest BCUT2D eigenvalue weighted by Crippen LogP contribution is -2.26. The van der Waals surface area contributed by atoms with Gasteiger partial charge >= 0.3 is 0 Å². The number of nitrogen functional groups attached to an aromatic ring is 1. The average molecular weight is 462 g/mol. The number of hydrogen-bond acceptors (Lipinski definition) is 6. The van der Waals surface area contributed by atoms with Gasteiger partial charge in [0.1, 0.15) is 17.3 Å². The van der Waals surface area contributed by atoms with Crippen LogP contribution in [0.3, 0.4) is 0 Å². The van der Waals surface area contributed by atoms with Gasteiger partial charge in [0, 0.05) is 42.4 Å². The molecule has 0 saturated heterocycles. The third-order valence-corrected chi connectivity index (χ3v) is 4.46. The monoisotopic (exact) mass is 461 g/mol. The molecule has 32 heavy (non-hydrogen) atoms. The Bertz CT molecular complexity index is 1030. The third-order valence-electron chi connectivity index (χ3n) is 4.24. The predicted molar refractivity (Wildman–Crippen MR) is 119 cm³/mol. The van der Waals surface area contributed by atoms with Crippen LogP contribution in [0.1, 0.15) is 21.5 Å². The maximum absolute atomic E-state index is 12.7. The van der Waals surface area contributed by atoms with Gasteiger partial charge < -0.3 is 31.2 Å². The van der Waals surface area contributed by atoms with Gasteiger partial charge in [-0.25, -0.2) is 0 Å². The number of amides is 3. The molecular weight excluding hydrogens is 438 g/mol. The Hall–Kier alpha value is -3.79. The number of benzene rings is 2. The second-order valence-electron chi connectivity index (χ2n) is 6.52. The quantitative estimate of drug-likeness (QED) is 0.260. The molecule has 0 radical (unpaired) electrons. The maximum atomic E-state index is 12.7. The van der Waals surface area contributed by atoms with Gasteiger partial charge in [0.15, 0.2) is 13.2 Å². The SMILES string of the molecule is CNC(=O)COc1cc(Cl)cc(C(=O)NCc2ccc(C(=N)N)cc2OCC(=O)NC)c1. The van der Waals surface area contributed by atoms with E-state index in [0.717, 1.165) is 0 Å². The summed E-state index contributed by atoms with van der Waals surface area (Å²) in [5, 5.41) is 15.5. The molecule has 2 aromatic carbocycles. The first-order valence-electron chi connectivity index (χ1n) is 9.46. The lowest BCUT2D eigenvalue weighted by atomic mass is 10.1. The summed E-state index contributed by atoms with van der Waals surface area (Å²) < 4.78 is 10.9. The Morgan fingerprint density at radius 2 is 1.62 bits per heavy atom. The highest BCUT2D eigenvalue weighted by Gasteiger charge is 2.13. The second kappa shape index (κ2) is 11.6. The number of nitrogens with two attached hydrogens (primary N) is 1. The van der Waals surface area contributed by atoms with Crippen LogP contribution in [0.25, 0.3) is 0 Å². The number of nitrogens with one attached hydrogen (secondary N) is 4. The minimum Gasteiger partial charge on any atom is -0.484 e. The molecule has 0 aromatic heterocycles. The third kappa shape index (κ3) is 7.17. The summed E-state index contributed by atoms with van der Waals surface area (Å²) in [5.74, 6) is -0.682. The van der Waals surface area contributed by atoms with Gasteiger partial charge in [-0.15, -0.1) is 0 Å². The summed E-state index contributed by atoms with van der Waals surface area (Å²) >= 11 is 6.07. The number of rotatable bonds is 10. The van der Waals surface area contributed by atoms with Crippen molar-refractivity contribution >= 4 is 35.2 Å². The zero-order valence-electron chi connectivity index (χ0n) is 17.6. The van der Waals surface area contributed by atoms with E-state index in [-0.39, 0.29) is 53.7 Å². The van der Waals surface area contributed by atoms with E-state index >= 15 is 0 Å². The topological polar surface area (TPSA) is 156 Å². The fraction of sp³-hybridized carbons (Fsp3) is 0.238. The Labute approximate surface area is 189 Å². The van der Waals surface area contributed by atoms with E-state index < -0.39 is 5.91 Å². The molecule has 10 nitrogen and oxygen atoms in total. The Morgan fingerprint density at radius 1 is 0.969 bits per heavy atom. The van der Waals surface area contributed by atoms with E-state index in [4.69, 9.17) is 32.2 Å². The van der Waals surface area contributed by atoms with Crippen molar-refractivity contribution in [1.82, 2.24) is 16.0 Å². The van der Waals surface area contributed by atoms with Gasteiger partial charge in [0.05, 0.1) is 0 Å². The maximum Gasteiger partial charge on any atom is 0.257 e. The van der Waals surface area contributed by atoms with Gasteiger partial charge in [0.2, 0.25) is 0 Å². The van der Waals surface area contributed by atoms with Crippen LogP contribution in [0.4, 0.5) is 0 Å². The van der Waals surface area contributed by atoms with Gasteiger partial charge in [-0.1, -0.05) is 23.7 Å². The number of hydrogen-bond donors (Lipinski definition) is 5. The van der Waals surface area contributed by atoms with Crippen molar-refractivity contribution in [2.75, 3.05) is 27.3 Å². The van der Waals surface area contributed by atoms with Crippen LogP contribution in [0.15, 0.2) is 36.4 Å². The van der Waals surface area contributed by atoms with E-state index in [2.05, 4.69) is 16.0 Å². The van der Waals surface area contributed by atoms with Crippen LogP contribution in [0.5, 0.6) is 11.5 Å². The number of carbonyl (C=O) groups excluding carboxylic acids is 3. The molecule has 0 aliphatic rings. The standard InChI is InChI=1S/C21H24ClN5O5/c1-25-18(28)10-31-16-6-14(5-15(22)8-16)21(30)27-9-13-4-3-12(20(23)24)7-17(13)32-11-19(29)26-2/h3-8H,9-11H2,1-2H3,(H3,23,24)(H,25,28)(H,26,29)(H,27,30). The zero-order valence-corrected chi connectivity index (χ0v) is 18.3. The minimum absolute atomic E-state index is 0.0705. The summed E-state index contributed by atoms with van der Waals surface area (Å²) in [5.41, 5.74) is 6.75. The summed E-state index contributed by atoms with van der Waals surface area (Å²) in [4.78, 5) is 35.5. The zero-order chi connectivity index (χ0) is 23.7. The Kier molecular flexibility index (Phi) is 8.84. The number of likely N-dealkylation sites (N-methyl/N-ethyl adjacent to an activating group) is 2.